The number of hydrogen-bond donors (Lipinski definition) is 1. The molecule has 0 fully saturated rings. The lowest BCUT2D eigenvalue weighted by Crippen LogP contribution is -1.91. The highest BCUT2D eigenvalue weighted by Gasteiger charge is 2.09. The van der Waals surface area contributed by atoms with Gasteiger partial charge in [0.15, 0.2) is 5.82 Å². The average Bonchev–Trinajstić information content (AvgIpc) is 3.02. The van der Waals surface area contributed by atoms with Gasteiger partial charge in [0.05, 0.1) is 17.1 Å². The van der Waals surface area contributed by atoms with Gasteiger partial charge in [-0.3, -0.25) is 0 Å². The van der Waals surface area contributed by atoms with E-state index in [-0.39, 0.29) is 0 Å². The zero-order valence-corrected chi connectivity index (χ0v) is 10.7. The molecular weight excluding hydrogens is 270 g/mol. The Labute approximate surface area is 112 Å². The first-order valence-corrected chi connectivity index (χ1v) is 6.50. The molecule has 1 aromatic carbocycles. The molecule has 0 unspecified atom stereocenters. The molecular formula is C11H8ClN5S. The third kappa shape index (κ3) is 2.25. The van der Waals surface area contributed by atoms with Crippen molar-refractivity contribution in [3.8, 4) is 10.6 Å². The molecule has 18 heavy (non-hydrogen) atoms. The minimum Gasteiger partial charge on any atom is -0.241 e. The molecule has 1 N–H and O–H groups in total. The number of nitrogens with zero attached hydrogens (tertiary/aromatic N) is 4. The SMILES string of the molecule is Clc1ccccc1-c1nc(Cc2nn[nH]n2)cs1. The first kappa shape index (κ1) is 11.3. The fraction of sp³-hybridized carbons (Fsp3) is 0.0909. The summed E-state index contributed by atoms with van der Waals surface area (Å²) in [6, 6.07) is 7.66. The topological polar surface area (TPSA) is 67.3 Å². The van der Waals surface area contributed by atoms with Gasteiger partial charge in [-0.2, -0.15) is 5.21 Å². The predicted molar refractivity (Wildman–Crippen MR) is 69.5 cm³/mol. The summed E-state index contributed by atoms with van der Waals surface area (Å²) >= 11 is 7.69. The Morgan fingerprint density at radius 3 is 2.94 bits per heavy atom. The number of benzene rings is 1. The highest BCUT2D eigenvalue weighted by atomic mass is 35.5. The van der Waals surface area contributed by atoms with Gasteiger partial charge in [0.1, 0.15) is 5.01 Å². The molecule has 0 radical (unpaired) electrons. The molecule has 0 aliphatic rings. The van der Waals surface area contributed by atoms with Gasteiger partial charge in [0, 0.05) is 10.9 Å². The normalized spacial score (nSPS) is 10.7. The molecule has 0 saturated carbocycles. The summed E-state index contributed by atoms with van der Waals surface area (Å²) in [5.41, 5.74) is 1.86. The Hall–Kier alpha value is -1.79. The Bertz CT molecular complexity index is 649. The Morgan fingerprint density at radius 2 is 2.17 bits per heavy atom. The van der Waals surface area contributed by atoms with Crippen molar-refractivity contribution in [1.82, 2.24) is 25.6 Å². The van der Waals surface area contributed by atoms with Crippen LogP contribution in [0, 0.1) is 0 Å². The maximum atomic E-state index is 6.14. The Kier molecular flexibility index (Phi) is 3.04. The highest BCUT2D eigenvalue weighted by molar-refractivity contribution is 7.13. The Balaban J connectivity index is 1.88. The molecule has 3 rings (SSSR count). The van der Waals surface area contributed by atoms with Crippen molar-refractivity contribution in [2.45, 2.75) is 6.42 Å². The maximum absolute atomic E-state index is 6.14. The number of halogens is 1. The minimum atomic E-state index is 0.567. The first-order chi connectivity index (χ1) is 8.83. The van der Waals surface area contributed by atoms with Crippen LogP contribution in [0.1, 0.15) is 11.5 Å². The van der Waals surface area contributed by atoms with Crippen molar-refractivity contribution in [2.24, 2.45) is 0 Å². The van der Waals surface area contributed by atoms with Gasteiger partial charge in [0.25, 0.3) is 0 Å². The lowest BCUT2D eigenvalue weighted by atomic mass is 10.2. The summed E-state index contributed by atoms with van der Waals surface area (Å²) in [4.78, 5) is 4.53. The molecule has 7 heteroatoms. The lowest BCUT2D eigenvalue weighted by molar-refractivity contribution is 0.881. The number of rotatable bonds is 3. The minimum absolute atomic E-state index is 0.567. The fourth-order valence-electron chi connectivity index (χ4n) is 1.57. The van der Waals surface area contributed by atoms with E-state index in [1.165, 1.54) is 0 Å². The van der Waals surface area contributed by atoms with Crippen LogP contribution in [-0.2, 0) is 6.42 Å². The number of aromatic nitrogens is 5. The third-order valence-electron chi connectivity index (χ3n) is 2.38. The van der Waals surface area contributed by atoms with E-state index in [0.717, 1.165) is 16.3 Å². The summed E-state index contributed by atoms with van der Waals surface area (Å²) in [6.45, 7) is 0. The van der Waals surface area contributed by atoms with E-state index in [1.54, 1.807) is 11.3 Å². The van der Waals surface area contributed by atoms with Gasteiger partial charge < -0.3 is 0 Å². The molecule has 2 heterocycles. The van der Waals surface area contributed by atoms with Crippen LogP contribution < -0.4 is 0 Å². The molecule has 0 saturated heterocycles. The molecule has 0 bridgehead atoms. The van der Waals surface area contributed by atoms with E-state index in [9.17, 15) is 0 Å². The van der Waals surface area contributed by atoms with Gasteiger partial charge in [-0.1, -0.05) is 35.0 Å². The maximum Gasteiger partial charge on any atom is 0.180 e. The van der Waals surface area contributed by atoms with Crippen LogP contribution in [0.5, 0.6) is 0 Å². The van der Waals surface area contributed by atoms with E-state index in [4.69, 9.17) is 11.6 Å². The van der Waals surface area contributed by atoms with Crippen molar-refractivity contribution in [3.05, 3.63) is 46.2 Å². The first-order valence-electron chi connectivity index (χ1n) is 5.24. The molecule has 2 aromatic heterocycles. The van der Waals surface area contributed by atoms with Crippen LogP contribution in [0.4, 0.5) is 0 Å². The van der Waals surface area contributed by atoms with E-state index in [2.05, 4.69) is 25.6 Å². The highest BCUT2D eigenvalue weighted by Crippen LogP contribution is 2.30. The third-order valence-corrected chi connectivity index (χ3v) is 3.64. The molecule has 0 atom stereocenters. The number of H-pyrrole nitrogens is 1. The van der Waals surface area contributed by atoms with Crippen molar-refractivity contribution >= 4 is 22.9 Å². The molecule has 0 aliphatic carbocycles. The molecule has 3 aromatic rings. The summed E-state index contributed by atoms with van der Waals surface area (Å²) < 4.78 is 0. The number of aromatic amines is 1. The van der Waals surface area contributed by atoms with Gasteiger partial charge in [-0.25, -0.2) is 4.98 Å². The summed E-state index contributed by atoms with van der Waals surface area (Å²) in [5, 5.41) is 17.3. The van der Waals surface area contributed by atoms with Crippen LogP contribution in [0.3, 0.4) is 0 Å². The summed E-state index contributed by atoms with van der Waals surface area (Å²) in [6.07, 6.45) is 0.567. The van der Waals surface area contributed by atoms with Crippen LogP contribution in [0.25, 0.3) is 10.6 Å². The number of tetrazole rings is 1. The molecule has 0 amide bonds. The monoisotopic (exact) mass is 277 g/mol. The number of hydrogen-bond acceptors (Lipinski definition) is 5. The zero-order valence-electron chi connectivity index (χ0n) is 9.17. The fourth-order valence-corrected chi connectivity index (χ4v) is 2.71. The average molecular weight is 278 g/mol. The quantitative estimate of drug-likeness (QED) is 0.799. The number of nitrogens with one attached hydrogen (secondary N) is 1. The second-order valence-electron chi connectivity index (χ2n) is 3.63. The molecule has 0 spiro atoms. The zero-order chi connectivity index (χ0) is 12.4. The lowest BCUT2D eigenvalue weighted by Gasteiger charge is -1.98. The smallest absolute Gasteiger partial charge is 0.180 e. The second-order valence-corrected chi connectivity index (χ2v) is 4.89. The van der Waals surface area contributed by atoms with Crippen molar-refractivity contribution in [2.75, 3.05) is 0 Å². The summed E-state index contributed by atoms with van der Waals surface area (Å²) in [5.74, 6) is 0.631. The summed E-state index contributed by atoms with van der Waals surface area (Å²) in [7, 11) is 0. The van der Waals surface area contributed by atoms with Crippen LogP contribution >= 0.6 is 22.9 Å². The van der Waals surface area contributed by atoms with Gasteiger partial charge >= 0.3 is 0 Å². The van der Waals surface area contributed by atoms with Gasteiger partial charge in [-0.05, 0) is 6.07 Å². The van der Waals surface area contributed by atoms with Crippen molar-refractivity contribution < 1.29 is 0 Å². The number of thiazole rings is 1. The van der Waals surface area contributed by atoms with Crippen molar-refractivity contribution in [1.29, 1.82) is 0 Å². The van der Waals surface area contributed by atoms with Gasteiger partial charge in [0.2, 0.25) is 0 Å². The van der Waals surface area contributed by atoms with E-state index in [0.29, 0.717) is 17.3 Å². The predicted octanol–water partition coefficient (Wildman–Crippen LogP) is 2.57. The van der Waals surface area contributed by atoms with Crippen LogP contribution in [0.15, 0.2) is 29.6 Å². The molecule has 0 aliphatic heterocycles. The van der Waals surface area contributed by atoms with Crippen LogP contribution in [0.2, 0.25) is 5.02 Å². The Morgan fingerprint density at radius 1 is 1.28 bits per heavy atom. The second kappa shape index (κ2) is 4.83. The molecule has 90 valence electrons. The van der Waals surface area contributed by atoms with E-state index in [1.807, 2.05) is 29.6 Å². The largest absolute Gasteiger partial charge is 0.241 e. The van der Waals surface area contributed by atoms with E-state index < -0.39 is 0 Å². The standard InChI is InChI=1S/C11H8ClN5S/c12-9-4-2-1-3-8(9)11-13-7(6-18-11)5-10-14-16-17-15-10/h1-4,6H,5H2,(H,14,15,16,17). The van der Waals surface area contributed by atoms with Gasteiger partial charge in [-0.15, -0.1) is 21.5 Å². The van der Waals surface area contributed by atoms with Crippen LogP contribution in [-0.4, -0.2) is 25.6 Å². The molecule has 5 nitrogen and oxygen atoms in total. The van der Waals surface area contributed by atoms with E-state index >= 15 is 0 Å². The van der Waals surface area contributed by atoms with Crippen molar-refractivity contribution in [3.63, 3.8) is 0 Å².